The van der Waals surface area contributed by atoms with E-state index in [4.69, 9.17) is 5.73 Å². The van der Waals surface area contributed by atoms with Gasteiger partial charge in [0, 0.05) is 17.6 Å². The molecule has 0 fully saturated rings. The molecule has 1 aromatic rings. The fourth-order valence-corrected chi connectivity index (χ4v) is 1.52. The van der Waals surface area contributed by atoms with Gasteiger partial charge in [-0.2, -0.15) is 0 Å². The van der Waals surface area contributed by atoms with Gasteiger partial charge in [0.2, 0.25) is 5.91 Å². The molecule has 0 bridgehead atoms. The van der Waals surface area contributed by atoms with Crippen LogP contribution in [0.2, 0.25) is 0 Å². The van der Waals surface area contributed by atoms with E-state index in [1.165, 1.54) is 19.9 Å². The van der Waals surface area contributed by atoms with Crippen molar-refractivity contribution >= 4 is 27.1 Å². The van der Waals surface area contributed by atoms with Gasteiger partial charge in [-0.15, -0.1) is 0 Å². The van der Waals surface area contributed by atoms with Crippen LogP contribution in [0.25, 0.3) is 0 Å². The summed E-state index contributed by atoms with van der Waals surface area (Å²) in [4.78, 5) is 11.8. The number of carbonyl (C=O) groups excluding carboxylic acids is 1. The fourth-order valence-electron chi connectivity index (χ4n) is 1.13. The van der Waals surface area contributed by atoms with Crippen molar-refractivity contribution in [2.24, 2.45) is 0 Å². The number of benzene rings is 1. The molecule has 0 saturated carbocycles. The van der Waals surface area contributed by atoms with Crippen LogP contribution in [0.3, 0.4) is 0 Å². The fraction of sp³-hybridized carbons (Fsp3) is 0.364. The van der Waals surface area contributed by atoms with E-state index in [1.807, 2.05) is 0 Å². The Morgan fingerprint density at radius 1 is 1.33 bits per heavy atom. The van der Waals surface area contributed by atoms with Crippen molar-refractivity contribution in [3.8, 4) is 0 Å². The lowest BCUT2D eigenvalue weighted by Gasteiger charge is -2.21. The zero-order valence-electron chi connectivity index (χ0n) is 10.3. The van der Waals surface area contributed by atoms with E-state index < -0.39 is 26.3 Å². The minimum atomic E-state index is -3.58. The minimum absolute atomic E-state index is 0.120. The van der Waals surface area contributed by atoms with Gasteiger partial charge in [0.1, 0.15) is 10.6 Å². The quantitative estimate of drug-likeness (QED) is 0.810. The molecular formula is C11H15FN2O3S. The second-order valence-corrected chi connectivity index (χ2v) is 7.07. The largest absolute Gasteiger partial charge is 0.399 e. The maximum Gasteiger partial charge on any atom is 0.245 e. The average Bonchev–Trinajstić information content (AvgIpc) is 2.13. The topological polar surface area (TPSA) is 89.3 Å². The lowest BCUT2D eigenvalue weighted by Crippen LogP contribution is -2.43. The lowest BCUT2D eigenvalue weighted by molar-refractivity contribution is -0.117. The van der Waals surface area contributed by atoms with Gasteiger partial charge in [-0.3, -0.25) is 4.79 Å². The molecule has 0 atom stereocenters. The number of carbonyl (C=O) groups is 1. The number of nitrogens with one attached hydrogen (secondary N) is 1. The van der Waals surface area contributed by atoms with Gasteiger partial charge in [0.25, 0.3) is 0 Å². The Morgan fingerprint density at radius 3 is 2.33 bits per heavy atom. The molecule has 100 valence electrons. The SMILES string of the molecule is CC(C)(C(=O)Nc1cc(N)cc(F)c1)S(C)(=O)=O. The van der Waals surface area contributed by atoms with E-state index in [0.717, 1.165) is 18.4 Å². The van der Waals surface area contributed by atoms with Crippen molar-refractivity contribution < 1.29 is 17.6 Å². The smallest absolute Gasteiger partial charge is 0.245 e. The van der Waals surface area contributed by atoms with Crippen LogP contribution < -0.4 is 11.1 Å². The molecule has 18 heavy (non-hydrogen) atoms. The van der Waals surface area contributed by atoms with E-state index in [-0.39, 0.29) is 11.4 Å². The Hall–Kier alpha value is -1.63. The summed E-state index contributed by atoms with van der Waals surface area (Å²) < 4.78 is 34.4. The summed E-state index contributed by atoms with van der Waals surface area (Å²) in [5.41, 5.74) is 5.68. The molecule has 0 radical (unpaired) electrons. The first-order valence-corrected chi connectivity index (χ1v) is 7.00. The number of rotatable bonds is 3. The third kappa shape index (κ3) is 2.98. The number of nitrogen functional groups attached to an aromatic ring is 1. The molecule has 0 spiro atoms. The zero-order chi connectivity index (χ0) is 14.1. The highest BCUT2D eigenvalue weighted by molar-refractivity contribution is 7.92. The molecule has 1 rings (SSSR count). The molecule has 3 N–H and O–H groups in total. The molecule has 0 aliphatic heterocycles. The number of sulfone groups is 1. The zero-order valence-corrected chi connectivity index (χ0v) is 11.1. The number of amides is 1. The normalized spacial score (nSPS) is 12.2. The Morgan fingerprint density at radius 2 is 1.89 bits per heavy atom. The first kappa shape index (κ1) is 14.4. The highest BCUT2D eigenvalue weighted by atomic mass is 32.2. The summed E-state index contributed by atoms with van der Waals surface area (Å²) in [5, 5.41) is 2.33. The number of hydrogen-bond donors (Lipinski definition) is 2. The standard InChI is InChI=1S/C11H15FN2O3S/c1-11(2,18(3,16)17)10(15)14-9-5-7(12)4-8(13)6-9/h4-6H,13H2,1-3H3,(H,14,15). The molecular weight excluding hydrogens is 259 g/mol. The first-order chi connectivity index (χ1) is 8.04. The summed E-state index contributed by atoms with van der Waals surface area (Å²) in [5.74, 6) is -1.35. The van der Waals surface area contributed by atoms with Gasteiger partial charge in [-0.05, 0) is 32.0 Å². The first-order valence-electron chi connectivity index (χ1n) is 5.11. The van der Waals surface area contributed by atoms with Crippen LogP contribution in [0.5, 0.6) is 0 Å². The maximum atomic E-state index is 13.1. The number of anilines is 2. The number of hydrogen-bond acceptors (Lipinski definition) is 4. The van der Waals surface area contributed by atoms with Crippen molar-refractivity contribution in [3.63, 3.8) is 0 Å². The van der Waals surface area contributed by atoms with E-state index in [1.54, 1.807) is 0 Å². The third-order valence-corrected chi connectivity index (χ3v) is 4.69. The number of halogens is 1. The van der Waals surface area contributed by atoms with Crippen molar-refractivity contribution in [2.75, 3.05) is 17.3 Å². The van der Waals surface area contributed by atoms with Gasteiger partial charge in [0.15, 0.2) is 9.84 Å². The molecule has 0 saturated heterocycles. The molecule has 1 aromatic carbocycles. The summed E-state index contributed by atoms with van der Waals surface area (Å²) in [6.45, 7) is 2.56. The van der Waals surface area contributed by atoms with Crippen molar-refractivity contribution in [1.82, 2.24) is 0 Å². The Balaban J connectivity index is 3.02. The average molecular weight is 274 g/mol. The Bertz CT molecular complexity index is 562. The maximum absolute atomic E-state index is 13.1. The van der Waals surface area contributed by atoms with Gasteiger partial charge in [-0.25, -0.2) is 12.8 Å². The summed E-state index contributed by atoms with van der Waals surface area (Å²) in [7, 11) is -3.58. The highest BCUT2D eigenvalue weighted by Gasteiger charge is 2.38. The summed E-state index contributed by atoms with van der Waals surface area (Å²) in [6.07, 6.45) is 0.965. The van der Waals surface area contributed by atoms with Gasteiger partial charge in [-0.1, -0.05) is 0 Å². The van der Waals surface area contributed by atoms with Crippen LogP contribution in [0.4, 0.5) is 15.8 Å². The molecule has 0 aromatic heterocycles. The Kier molecular flexibility index (Phi) is 3.66. The predicted molar refractivity (Wildman–Crippen MR) is 68.4 cm³/mol. The lowest BCUT2D eigenvalue weighted by atomic mass is 10.2. The molecule has 0 aliphatic carbocycles. The van der Waals surface area contributed by atoms with Crippen LogP contribution >= 0.6 is 0 Å². The van der Waals surface area contributed by atoms with Crippen molar-refractivity contribution in [2.45, 2.75) is 18.6 Å². The van der Waals surface area contributed by atoms with E-state index >= 15 is 0 Å². The van der Waals surface area contributed by atoms with Crippen molar-refractivity contribution in [1.29, 1.82) is 0 Å². The van der Waals surface area contributed by atoms with Gasteiger partial charge < -0.3 is 11.1 Å². The summed E-state index contributed by atoms with van der Waals surface area (Å²) in [6, 6.07) is 3.50. The van der Waals surface area contributed by atoms with E-state index in [2.05, 4.69) is 5.32 Å². The van der Waals surface area contributed by atoms with Gasteiger partial charge >= 0.3 is 0 Å². The van der Waals surface area contributed by atoms with Gasteiger partial charge in [0.05, 0.1) is 0 Å². The predicted octanol–water partition coefficient (Wildman–Crippen LogP) is 1.17. The van der Waals surface area contributed by atoms with Crippen LogP contribution in [0.1, 0.15) is 13.8 Å². The monoisotopic (exact) mass is 274 g/mol. The molecule has 1 amide bonds. The molecule has 5 nitrogen and oxygen atoms in total. The van der Waals surface area contributed by atoms with Crippen LogP contribution in [0.15, 0.2) is 18.2 Å². The molecule has 0 heterocycles. The second-order valence-electron chi connectivity index (χ2n) is 4.51. The number of nitrogens with two attached hydrogens (primary N) is 1. The minimum Gasteiger partial charge on any atom is -0.399 e. The molecule has 0 aliphatic rings. The highest BCUT2D eigenvalue weighted by Crippen LogP contribution is 2.20. The third-order valence-electron chi connectivity index (χ3n) is 2.65. The van der Waals surface area contributed by atoms with Crippen molar-refractivity contribution in [3.05, 3.63) is 24.0 Å². The van der Waals surface area contributed by atoms with Crippen LogP contribution in [0, 0.1) is 5.82 Å². The van der Waals surface area contributed by atoms with Crippen LogP contribution in [-0.2, 0) is 14.6 Å². The molecule has 0 unspecified atom stereocenters. The van der Waals surface area contributed by atoms with Crippen LogP contribution in [-0.4, -0.2) is 25.3 Å². The summed E-state index contributed by atoms with van der Waals surface area (Å²) >= 11 is 0. The van der Waals surface area contributed by atoms with E-state index in [9.17, 15) is 17.6 Å². The molecule has 7 heteroatoms. The Labute approximate surface area is 105 Å². The second kappa shape index (κ2) is 4.56. The van der Waals surface area contributed by atoms with E-state index in [0.29, 0.717) is 0 Å².